The second kappa shape index (κ2) is 3.70. The van der Waals surface area contributed by atoms with Crippen LogP contribution >= 0.6 is 0 Å². The fourth-order valence-electron chi connectivity index (χ4n) is 1.75. The van der Waals surface area contributed by atoms with E-state index in [1.165, 1.54) is 12.5 Å². The lowest BCUT2D eigenvalue weighted by Crippen LogP contribution is -2.31. The lowest BCUT2D eigenvalue weighted by molar-refractivity contribution is -0.142. The SMILES string of the molecule is CC(=O)ON1CCCc2ccccc21. The average Bonchev–Trinajstić information content (AvgIpc) is 2.18. The summed E-state index contributed by atoms with van der Waals surface area (Å²) in [7, 11) is 0. The van der Waals surface area contributed by atoms with Gasteiger partial charge >= 0.3 is 5.97 Å². The third-order valence-electron chi connectivity index (χ3n) is 2.31. The van der Waals surface area contributed by atoms with Crippen molar-refractivity contribution in [2.75, 3.05) is 11.6 Å². The van der Waals surface area contributed by atoms with Crippen molar-refractivity contribution < 1.29 is 9.63 Å². The molecule has 3 heteroatoms. The van der Waals surface area contributed by atoms with Crippen LogP contribution in [-0.2, 0) is 16.1 Å². The number of benzene rings is 1. The lowest BCUT2D eigenvalue weighted by atomic mass is 10.0. The zero-order valence-corrected chi connectivity index (χ0v) is 8.19. The highest BCUT2D eigenvalue weighted by Crippen LogP contribution is 2.26. The van der Waals surface area contributed by atoms with E-state index in [4.69, 9.17) is 4.84 Å². The number of nitrogens with zero attached hydrogens (tertiary/aromatic N) is 1. The Balaban J connectivity index is 2.26. The molecule has 0 saturated heterocycles. The van der Waals surface area contributed by atoms with Gasteiger partial charge in [0.2, 0.25) is 0 Å². The molecule has 1 aromatic carbocycles. The maximum Gasteiger partial charge on any atom is 0.329 e. The Bertz CT molecular complexity index is 349. The highest BCUT2D eigenvalue weighted by atomic mass is 16.7. The number of hydroxylamine groups is 1. The van der Waals surface area contributed by atoms with Crippen molar-refractivity contribution in [3.05, 3.63) is 29.8 Å². The minimum Gasteiger partial charge on any atom is -0.341 e. The molecule has 0 atom stereocenters. The molecule has 0 amide bonds. The van der Waals surface area contributed by atoms with Crippen molar-refractivity contribution in [2.24, 2.45) is 0 Å². The van der Waals surface area contributed by atoms with Gasteiger partial charge in [0, 0.05) is 6.92 Å². The van der Waals surface area contributed by atoms with E-state index in [2.05, 4.69) is 6.07 Å². The van der Waals surface area contributed by atoms with Crippen LogP contribution in [0.15, 0.2) is 24.3 Å². The van der Waals surface area contributed by atoms with Crippen LogP contribution in [0.3, 0.4) is 0 Å². The number of para-hydroxylation sites is 1. The van der Waals surface area contributed by atoms with Gasteiger partial charge in [-0.05, 0) is 24.5 Å². The molecule has 0 aliphatic carbocycles. The molecule has 1 aliphatic rings. The molecular formula is C11H13NO2. The summed E-state index contributed by atoms with van der Waals surface area (Å²) in [5, 5.41) is 1.68. The first-order valence-corrected chi connectivity index (χ1v) is 4.81. The average molecular weight is 191 g/mol. The van der Waals surface area contributed by atoms with Gasteiger partial charge in [0.25, 0.3) is 0 Å². The maximum atomic E-state index is 10.9. The van der Waals surface area contributed by atoms with E-state index in [9.17, 15) is 4.79 Å². The summed E-state index contributed by atoms with van der Waals surface area (Å²) in [4.78, 5) is 16.0. The Kier molecular flexibility index (Phi) is 2.39. The van der Waals surface area contributed by atoms with Crippen LogP contribution in [-0.4, -0.2) is 12.5 Å². The number of carbonyl (C=O) groups is 1. The van der Waals surface area contributed by atoms with Gasteiger partial charge in [0.1, 0.15) is 0 Å². The number of fused-ring (bicyclic) bond motifs is 1. The summed E-state index contributed by atoms with van der Waals surface area (Å²) >= 11 is 0. The second-order valence-electron chi connectivity index (χ2n) is 3.42. The van der Waals surface area contributed by atoms with Crippen molar-refractivity contribution in [2.45, 2.75) is 19.8 Å². The Morgan fingerprint density at radius 2 is 2.21 bits per heavy atom. The number of hydrogen-bond acceptors (Lipinski definition) is 3. The van der Waals surface area contributed by atoms with Gasteiger partial charge in [-0.2, -0.15) is 0 Å². The fourth-order valence-corrected chi connectivity index (χ4v) is 1.75. The number of rotatable bonds is 1. The molecule has 0 unspecified atom stereocenters. The van der Waals surface area contributed by atoms with E-state index in [1.54, 1.807) is 5.06 Å². The summed E-state index contributed by atoms with van der Waals surface area (Å²) in [6, 6.07) is 8.03. The van der Waals surface area contributed by atoms with Crippen LogP contribution in [0.4, 0.5) is 5.69 Å². The van der Waals surface area contributed by atoms with Gasteiger partial charge < -0.3 is 4.84 Å². The Hall–Kier alpha value is -1.51. The van der Waals surface area contributed by atoms with Gasteiger partial charge in [-0.3, -0.25) is 4.79 Å². The number of aryl methyl sites for hydroxylation is 1. The summed E-state index contributed by atoms with van der Waals surface area (Å²) in [5.41, 5.74) is 2.27. The summed E-state index contributed by atoms with van der Waals surface area (Å²) in [6.45, 7) is 2.22. The molecule has 1 aliphatic heterocycles. The predicted molar refractivity (Wildman–Crippen MR) is 53.9 cm³/mol. The first-order chi connectivity index (χ1) is 6.77. The van der Waals surface area contributed by atoms with Crippen LogP contribution in [0.5, 0.6) is 0 Å². The van der Waals surface area contributed by atoms with E-state index in [1.807, 2.05) is 18.2 Å². The second-order valence-corrected chi connectivity index (χ2v) is 3.42. The minimum absolute atomic E-state index is 0.262. The summed E-state index contributed by atoms with van der Waals surface area (Å²) < 4.78 is 0. The van der Waals surface area contributed by atoms with E-state index in [0.29, 0.717) is 0 Å². The molecule has 0 spiro atoms. The van der Waals surface area contributed by atoms with Crippen LogP contribution in [0.2, 0.25) is 0 Å². The lowest BCUT2D eigenvalue weighted by Gasteiger charge is -2.28. The minimum atomic E-state index is -0.262. The van der Waals surface area contributed by atoms with E-state index in [-0.39, 0.29) is 5.97 Å². The zero-order valence-electron chi connectivity index (χ0n) is 8.19. The highest BCUT2D eigenvalue weighted by molar-refractivity contribution is 5.68. The normalized spacial score (nSPS) is 14.8. The van der Waals surface area contributed by atoms with Crippen LogP contribution in [0, 0.1) is 0 Å². The monoisotopic (exact) mass is 191 g/mol. The Morgan fingerprint density at radius 3 is 3.00 bits per heavy atom. The first kappa shape index (κ1) is 9.06. The number of carbonyl (C=O) groups excluding carboxylic acids is 1. The standard InChI is InChI=1S/C11H13NO2/c1-9(13)14-12-8-4-6-10-5-2-3-7-11(10)12/h2-3,5,7H,4,6,8H2,1H3. The summed E-state index contributed by atoms with van der Waals surface area (Å²) in [5.74, 6) is -0.262. The largest absolute Gasteiger partial charge is 0.341 e. The number of anilines is 1. The van der Waals surface area contributed by atoms with E-state index >= 15 is 0 Å². The van der Waals surface area contributed by atoms with Gasteiger partial charge in [-0.1, -0.05) is 18.2 Å². The Morgan fingerprint density at radius 1 is 1.43 bits per heavy atom. The molecule has 0 bridgehead atoms. The molecule has 0 aromatic heterocycles. The van der Waals surface area contributed by atoms with Gasteiger partial charge in [0.05, 0.1) is 12.2 Å². The molecule has 14 heavy (non-hydrogen) atoms. The molecule has 0 saturated carbocycles. The highest BCUT2D eigenvalue weighted by Gasteiger charge is 2.18. The number of hydrogen-bond donors (Lipinski definition) is 0. The van der Waals surface area contributed by atoms with Gasteiger partial charge in [-0.25, -0.2) is 5.06 Å². The van der Waals surface area contributed by atoms with Crippen LogP contribution in [0.1, 0.15) is 18.9 Å². The topological polar surface area (TPSA) is 29.5 Å². The van der Waals surface area contributed by atoms with Crippen LogP contribution in [0.25, 0.3) is 0 Å². The smallest absolute Gasteiger partial charge is 0.329 e. The van der Waals surface area contributed by atoms with Crippen molar-refractivity contribution in [1.29, 1.82) is 0 Å². The Labute approximate surface area is 83.2 Å². The quantitative estimate of drug-likeness (QED) is 0.679. The molecule has 1 aromatic rings. The van der Waals surface area contributed by atoms with Crippen molar-refractivity contribution >= 4 is 11.7 Å². The van der Waals surface area contributed by atoms with Crippen LogP contribution < -0.4 is 5.06 Å². The molecule has 2 rings (SSSR count). The molecule has 0 radical (unpaired) electrons. The molecule has 3 nitrogen and oxygen atoms in total. The van der Waals surface area contributed by atoms with Crippen molar-refractivity contribution in [3.8, 4) is 0 Å². The molecule has 74 valence electrons. The third-order valence-corrected chi connectivity index (χ3v) is 2.31. The molecular weight excluding hydrogens is 178 g/mol. The predicted octanol–water partition coefficient (Wildman–Crippen LogP) is 1.92. The molecule has 0 N–H and O–H groups in total. The fraction of sp³-hybridized carbons (Fsp3) is 0.364. The zero-order chi connectivity index (χ0) is 9.97. The first-order valence-electron chi connectivity index (χ1n) is 4.81. The van der Waals surface area contributed by atoms with E-state index in [0.717, 1.165) is 25.1 Å². The van der Waals surface area contributed by atoms with Crippen molar-refractivity contribution in [3.63, 3.8) is 0 Å². The maximum absolute atomic E-state index is 10.9. The van der Waals surface area contributed by atoms with Gasteiger partial charge in [0.15, 0.2) is 0 Å². The van der Waals surface area contributed by atoms with Gasteiger partial charge in [-0.15, -0.1) is 0 Å². The summed E-state index contributed by atoms with van der Waals surface area (Å²) in [6.07, 6.45) is 2.10. The van der Waals surface area contributed by atoms with E-state index < -0.39 is 0 Å². The third kappa shape index (κ3) is 1.71. The molecule has 0 fully saturated rings. The van der Waals surface area contributed by atoms with Crippen molar-refractivity contribution in [1.82, 2.24) is 0 Å². The molecule has 1 heterocycles.